The standard InChI is InChI=1S/C12H10F4N2O2/c13-11(14)12(15,16)5-18-10(19)9-4-6-3-7(17)1-2-8(6)20-9/h1-4,11H,5,17H2,(H,18,19). The first kappa shape index (κ1) is 14.2. The quantitative estimate of drug-likeness (QED) is 0.672. The summed E-state index contributed by atoms with van der Waals surface area (Å²) in [6.45, 7) is -1.47. The number of benzene rings is 1. The van der Waals surface area contributed by atoms with E-state index in [-0.39, 0.29) is 5.76 Å². The summed E-state index contributed by atoms with van der Waals surface area (Å²) in [5.74, 6) is -5.54. The minimum Gasteiger partial charge on any atom is -0.451 e. The largest absolute Gasteiger partial charge is 0.451 e. The number of halogens is 4. The highest BCUT2D eigenvalue weighted by Crippen LogP contribution is 2.23. The molecule has 1 amide bonds. The van der Waals surface area contributed by atoms with Crippen LogP contribution in [0.25, 0.3) is 11.0 Å². The maximum Gasteiger partial charge on any atom is 0.324 e. The number of carbonyl (C=O) groups is 1. The number of nitrogens with one attached hydrogen (secondary N) is 1. The van der Waals surface area contributed by atoms with Crippen LogP contribution in [0, 0.1) is 0 Å². The normalized spacial score (nSPS) is 12.1. The summed E-state index contributed by atoms with van der Waals surface area (Å²) in [5.41, 5.74) is 6.31. The van der Waals surface area contributed by atoms with Gasteiger partial charge in [-0.1, -0.05) is 0 Å². The lowest BCUT2D eigenvalue weighted by atomic mass is 10.2. The van der Waals surface area contributed by atoms with Crippen LogP contribution in [-0.4, -0.2) is 24.8 Å². The van der Waals surface area contributed by atoms with Gasteiger partial charge in [0, 0.05) is 11.1 Å². The summed E-state index contributed by atoms with van der Waals surface area (Å²) in [4.78, 5) is 11.6. The lowest BCUT2D eigenvalue weighted by Gasteiger charge is -2.14. The molecule has 0 saturated carbocycles. The number of nitrogens with two attached hydrogens (primary N) is 1. The number of amides is 1. The van der Waals surface area contributed by atoms with Gasteiger partial charge in [-0.3, -0.25) is 4.79 Å². The van der Waals surface area contributed by atoms with Crippen LogP contribution in [0.3, 0.4) is 0 Å². The third kappa shape index (κ3) is 2.84. The molecule has 0 saturated heterocycles. The summed E-state index contributed by atoms with van der Waals surface area (Å²) in [5, 5.41) is 2.21. The lowest BCUT2D eigenvalue weighted by molar-refractivity contribution is -0.123. The zero-order valence-electron chi connectivity index (χ0n) is 10.00. The van der Waals surface area contributed by atoms with Crippen molar-refractivity contribution in [1.29, 1.82) is 0 Å². The number of rotatable bonds is 4. The van der Waals surface area contributed by atoms with Crippen LogP contribution >= 0.6 is 0 Å². The SMILES string of the molecule is Nc1ccc2oc(C(=O)NCC(F)(F)C(F)F)cc2c1. The van der Waals surface area contributed by atoms with Gasteiger partial charge in [0.1, 0.15) is 5.58 Å². The highest BCUT2D eigenvalue weighted by Gasteiger charge is 2.41. The van der Waals surface area contributed by atoms with Gasteiger partial charge in [0.05, 0.1) is 6.54 Å². The molecule has 8 heteroatoms. The van der Waals surface area contributed by atoms with Crippen LogP contribution in [0.1, 0.15) is 10.6 Å². The van der Waals surface area contributed by atoms with Gasteiger partial charge >= 0.3 is 12.3 Å². The van der Waals surface area contributed by atoms with Crippen LogP contribution in [0.2, 0.25) is 0 Å². The molecule has 0 aliphatic carbocycles. The number of anilines is 1. The molecule has 0 atom stereocenters. The zero-order valence-corrected chi connectivity index (χ0v) is 10.00. The second-order valence-corrected chi connectivity index (χ2v) is 4.15. The molecule has 0 bridgehead atoms. The Balaban J connectivity index is 2.12. The molecule has 0 spiro atoms. The van der Waals surface area contributed by atoms with Crippen molar-refractivity contribution in [1.82, 2.24) is 5.32 Å². The van der Waals surface area contributed by atoms with E-state index < -0.39 is 24.8 Å². The van der Waals surface area contributed by atoms with Gasteiger partial charge in [0.15, 0.2) is 5.76 Å². The number of alkyl halides is 4. The summed E-state index contributed by atoms with van der Waals surface area (Å²) in [6.07, 6.45) is -3.85. The van der Waals surface area contributed by atoms with Crippen molar-refractivity contribution in [2.45, 2.75) is 12.3 Å². The molecular formula is C12H10F4N2O2. The van der Waals surface area contributed by atoms with Crippen LogP contribution in [0.4, 0.5) is 23.2 Å². The van der Waals surface area contributed by atoms with E-state index >= 15 is 0 Å². The Hall–Kier alpha value is -2.25. The van der Waals surface area contributed by atoms with Crippen molar-refractivity contribution >= 4 is 22.6 Å². The molecular weight excluding hydrogens is 280 g/mol. The summed E-state index contributed by atoms with van der Waals surface area (Å²) < 4.78 is 54.3. The number of carbonyl (C=O) groups excluding carboxylic acids is 1. The highest BCUT2D eigenvalue weighted by atomic mass is 19.3. The monoisotopic (exact) mass is 290 g/mol. The Morgan fingerprint density at radius 2 is 2.05 bits per heavy atom. The summed E-state index contributed by atoms with van der Waals surface area (Å²) >= 11 is 0. The van der Waals surface area contributed by atoms with Gasteiger partial charge in [-0.05, 0) is 24.3 Å². The first-order chi connectivity index (χ1) is 9.29. The maximum absolute atomic E-state index is 12.7. The molecule has 2 aromatic rings. The first-order valence-corrected chi connectivity index (χ1v) is 5.53. The second kappa shape index (κ2) is 5.03. The number of hydrogen-bond acceptors (Lipinski definition) is 3. The van der Waals surface area contributed by atoms with E-state index in [1.807, 2.05) is 0 Å². The van der Waals surface area contributed by atoms with Crippen LogP contribution in [-0.2, 0) is 0 Å². The molecule has 0 radical (unpaired) electrons. The molecule has 0 unspecified atom stereocenters. The van der Waals surface area contributed by atoms with E-state index in [0.29, 0.717) is 16.7 Å². The fourth-order valence-electron chi connectivity index (χ4n) is 1.54. The fourth-order valence-corrected chi connectivity index (χ4v) is 1.54. The molecule has 0 fully saturated rings. The van der Waals surface area contributed by atoms with Crippen LogP contribution in [0.15, 0.2) is 28.7 Å². The van der Waals surface area contributed by atoms with Crippen molar-refractivity contribution in [2.24, 2.45) is 0 Å². The van der Waals surface area contributed by atoms with E-state index in [1.165, 1.54) is 18.2 Å². The van der Waals surface area contributed by atoms with Crippen LogP contribution < -0.4 is 11.1 Å². The van der Waals surface area contributed by atoms with E-state index in [4.69, 9.17) is 10.2 Å². The first-order valence-electron chi connectivity index (χ1n) is 5.53. The Labute approximate surface area is 110 Å². The fraction of sp³-hybridized carbons (Fsp3) is 0.250. The van der Waals surface area contributed by atoms with Gasteiger partial charge < -0.3 is 15.5 Å². The Morgan fingerprint density at radius 3 is 2.70 bits per heavy atom. The van der Waals surface area contributed by atoms with E-state index in [9.17, 15) is 22.4 Å². The summed E-state index contributed by atoms with van der Waals surface area (Å²) in [7, 11) is 0. The Bertz CT molecular complexity index is 639. The van der Waals surface area contributed by atoms with Crippen molar-refractivity contribution in [3.05, 3.63) is 30.0 Å². The molecule has 1 aromatic carbocycles. The Morgan fingerprint density at radius 1 is 1.35 bits per heavy atom. The predicted octanol–water partition coefficient (Wildman–Crippen LogP) is 2.65. The van der Waals surface area contributed by atoms with Gasteiger partial charge in [-0.2, -0.15) is 8.78 Å². The highest BCUT2D eigenvalue weighted by molar-refractivity contribution is 5.96. The number of fused-ring (bicyclic) bond motifs is 1. The molecule has 3 N–H and O–H groups in total. The zero-order chi connectivity index (χ0) is 14.9. The number of nitrogen functional groups attached to an aromatic ring is 1. The van der Waals surface area contributed by atoms with Crippen molar-refractivity contribution in [2.75, 3.05) is 12.3 Å². The molecule has 20 heavy (non-hydrogen) atoms. The maximum atomic E-state index is 12.7. The van der Waals surface area contributed by atoms with Gasteiger partial charge in [-0.25, -0.2) is 8.78 Å². The minimum absolute atomic E-state index is 0.254. The molecule has 108 valence electrons. The van der Waals surface area contributed by atoms with E-state index in [1.54, 1.807) is 11.4 Å². The van der Waals surface area contributed by atoms with E-state index in [0.717, 1.165) is 0 Å². The molecule has 1 heterocycles. The molecule has 0 aliphatic heterocycles. The van der Waals surface area contributed by atoms with Crippen LogP contribution in [0.5, 0.6) is 0 Å². The van der Waals surface area contributed by atoms with Crippen molar-refractivity contribution in [3.8, 4) is 0 Å². The lowest BCUT2D eigenvalue weighted by Crippen LogP contribution is -2.41. The molecule has 1 aromatic heterocycles. The topological polar surface area (TPSA) is 68.3 Å². The molecule has 0 aliphatic rings. The minimum atomic E-state index is -4.29. The van der Waals surface area contributed by atoms with Crippen molar-refractivity contribution in [3.63, 3.8) is 0 Å². The molecule has 2 rings (SSSR count). The summed E-state index contributed by atoms with van der Waals surface area (Å²) in [6, 6.07) is 5.87. The Kier molecular flexibility index (Phi) is 3.56. The second-order valence-electron chi connectivity index (χ2n) is 4.15. The smallest absolute Gasteiger partial charge is 0.324 e. The third-order valence-electron chi connectivity index (χ3n) is 2.57. The molecule has 4 nitrogen and oxygen atoms in total. The van der Waals surface area contributed by atoms with Gasteiger partial charge in [-0.15, -0.1) is 0 Å². The number of hydrogen-bond donors (Lipinski definition) is 2. The third-order valence-corrected chi connectivity index (χ3v) is 2.57. The van der Waals surface area contributed by atoms with E-state index in [2.05, 4.69) is 0 Å². The van der Waals surface area contributed by atoms with Crippen molar-refractivity contribution < 1.29 is 26.8 Å². The predicted molar refractivity (Wildman–Crippen MR) is 63.9 cm³/mol. The number of furan rings is 1. The average Bonchev–Trinajstić information content (AvgIpc) is 2.78. The van der Waals surface area contributed by atoms with Gasteiger partial charge in [0.2, 0.25) is 0 Å². The average molecular weight is 290 g/mol. The van der Waals surface area contributed by atoms with Gasteiger partial charge in [0.25, 0.3) is 5.91 Å².